The van der Waals surface area contributed by atoms with Crippen molar-refractivity contribution in [2.75, 3.05) is 0 Å². The summed E-state index contributed by atoms with van der Waals surface area (Å²) in [5, 5.41) is 19.3. The summed E-state index contributed by atoms with van der Waals surface area (Å²) in [6.07, 6.45) is 6.15. The standard InChI is InChI=1S/C10H12N2O/c1-7-10(8-2-3-8)5-4-9(6-11)12(7)13/h4-5,8-9,13H,2-3H2,1H3. The topological polar surface area (TPSA) is 47.3 Å². The van der Waals surface area contributed by atoms with Crippen molar-refractivity contribution >= 4 is 0 Å². The second-order valence-electron chi connectivity index (χ2n) is 3.59. The molecule has 0 aromatic heterocycles. The predicted molar refractivity (Wildman–Crippen MR) is 47.6 cm³/mol. The van der Waals surface area contributed by atoms with E-state index >= 15 is 0 Å². The van der Waals surface area contributed by atoms with Crippen LogP contribution in [0.3, 0.4) is 0 Å². The molecule has 0 radical (unpaired) electrons. The van der Waals surface area contributed by atoms with Gasteiger partial charge in [-0.25, -0.2) is 5.06 Å². The van der Waals surface area contributed by atoms with Crippen LogP contribution in [0.2, 0.25) is 0 Å². The van der Waals surface area contributed by atoms with Crippen molar-refractivity contribution in [2.24, 2.45) is 5.92 Å². The molecule has 1 N–H and O–H groups in total. The molecule has 68 valence electrons. The molecule has 1 fully saturated rings. The number of allylic oxidation sites excluding steroid dienone is 3. The van der Waals surface area contributed by atoms with Crippen LogP contribution >= 0.6 is 0 Å². The van der Waals surface area contributed by atoms with Crippen molar-refractivity contribution in [3.63, 3.8) is 0 Å². The van der Waals surface area contributed by atoms with Gasteiger partial charge < -0.3 is 0 Å². The van der Waals surface area contributed by atoms with Crippen molar-refractivity contribution in [3.05, 3.63) is 23.4 Å². The highest BCUT2D eigenvalue weighted by Gasteiger charge is 2.30. The quantitative estimate of drug-likeness (QED) is 0.663. The first-order valence-corrected chi connectivity index (χ1v) is 4.50. The Labute approximate surface area is 77.5 Å². The summed E-state index contributed by atoms with van der Waals surface area (Å²) in [6.45, 7) is 1.86. The van der Waals surface area contributed by atoms with Crippen LogP contribution in [0.15, 0.2) is 23.4 Å². The first-order valence-electron chi connectivity index (χ1n) is 4.50. The summed E-state index contributed by atoms with van der Waals surface area (Å²) in [6, 6.07) is 1.51. The van der Waals surface area contributed by atoms with Crippen LogP contribution in [-0.2, 0) is 0 Å². The van der Waals surface area contributed by atoms with E-state index in [1.54, 1.807) is 6.08 Å². The van der Waals surface area contributed by atoms with Crippen molar-refractivity contribution in [1.82, 2.24) is 5.06 Å². The smallest absolute Gasteiger partial charge is 0.160 e. The summed E-state index contributed by atoms with van der Waals surface area (Å²) in [7, 11) is 0. The minimum absolute atomic E-state index is 0.512. The van der Waals surface area contributed by atoms with Crippen molar-refractivity contribution in [3.8, 4) is 6.07 Å². The molecule has 0 aromatic carbocycles. The van der Waals surface area contributed by atoms with Gasteiger partial charge in [0.2, 0.25) is 0 Å². The summed E-state index contributed by atoms with van der Waals surface area (Å²) in [4.78, 5) is 0. The monoisotopic (exact) mass is 176 g/mol. The van der Waals surface area contributed by atoms with Crippen LogP contribution in [0.5, 0.6) is 0 Å². The van der Waals surface area contributed by atoms with Crippen LogP contribution in [0.1, 0.15) is 19.8 Å². The van der Waals surface area contributed by atoms with E-state index in [1.165, 1.54) is 18.4 Å². The molecular formula is C10H12N2O. The van der Waals surface area contributed by atoms with E-state index in [-0.39, 0.29) is 0 Å². The van der Waals surface area contributed by atoms with Crippen LogP contribution in [-0.4, -0.2) is 16.3 Å². The zero-order valence-corrected chi connectivity index (χ0v) is 7.57. The van der Waals surface area contributed by atoms with Gasteiger partial charge in [-0.15, -0.1) is 0 Å². The molecule has 1 heterocycles. The van der Waals surface area contributed by atoms with Gasteiger partial charge in [0.25, 0.3) is 0 Å². The van der Waals surface area contributed by atoms with Crippen LogP contribution in [0.25, 0.3) is 0 Å². The fourth-order valence-corrected chi connectivity index (χ4v) is 1.66. The second-order valence-corrected chi connectivity index (χ2v) is 3.59. The molecule has 2 aliphatic rings. The summed E-state index contributed by atoms with van der Waals surface area (Å²) in [5.74, 6) is 0.616. The van der Waals surface area contributed by atoms with E-state index in [9.17, 15) is 5.21 Å². The number of hydroxylamine groups is 2. The highest BCUT2D eigenvalue weighted by atomic mass is 16.5. The Hall–Kier alpha value is -1.27. The molecule has 0 spiro atoms. The highest BCUT2D eigenvalue weighted by molar-refractivity contribution is 5.35. The molecule has 0 bridgehead atoms. The average molecular weight is 176 g/mol. The minimum atomic E-state index is -0.512. The number of nitriles is 1. The summed E-state index contributed by atoms with van der Waals surface area (Å²) < 4.78 is 0. The third-order valence-corrected chi connectivity index (χ3v) is 2.63. The second kappa shape index (κ2) is 2.90. The van der Waals surface area contributed by atoms with E-state index in [0.29, 0.717) is 5.92 Å². The Balaban J connectivity index is 2.26. The minimum Gasteiger partial charge on any atom is -0.287 e. The lowest BCUT2D eigenvalue weighted by Crippen LogP contribution is -2.31. The maximum absolute atomic E-state index is 9.59. The molecule has 1 saturated carbocycles. The van der Waals surface area contributed by atoms with Crippen molar-refractivity contribution in [2.45, 2.75) is 25.8 Å². The molecule has 0 amide bonds. The molecule has 1 atom stereocenters. The van der Waals surface area contributed by atoms with Gasteiger partial charge in [0, 0.05) is 5.70 Å². The van der Waals surface area contributed by atoms with Gasteiger partial charge in [-0.05, 0) is 37.3 Å². The molecule has 1 aliphatic heterocycles. The fourth-order valence-electron chi connectivity index (χ4n) is 1.66. The average Bonchev–Trinajstić information content (AvgIpc) is 2.93. The number of nitrogens with zero attached hydrogens (tertiary/aromatic N) is 2. The zero-order chi connectivity index (χ0) is 9.42. The third-order valence-electron chi connectivity index (χ3n) is 2.63. The maximum atomic E-state index is 9.59. The number of hydrogen-bond acceptors (Lipinski definition) is 3. The Kier molecular flexibility index (Phi) is 1.86. The Morgan fingerprint density at radius 3 is 2.85 bits per heavy atom. The molecule has 3 heteroatoms. The van der Waals surface area contributed by atoms with E-state index in [4.69, 9.17) is 5.26 Å². The largest absolute Gasteiger partial charge is 0.287 e. The van der Waals surface area contributed by atoms with E-state index in [1.807, 2.05) is 19.1 Å². The normalized spacial score (nSPS) is 27.8. The van der Waals surface area contributed by atoms with Crippen LogP contribution in [0.4, 0.5) is 0 Å². The SMILES string of the molecule is CC1=C(C2CC2)C=CC(C#N)N1O. The van der Waals surface area contributed by atoms with Crippen molar-refractivity contribution in [1.29, 1.82) is 5.26 Å². The fraction of sp³-hybridized carbons (Fsp3) is 0.500. The van der Waals surface area contributed by atoms with Gasteiger partial charge >= 0.3 is 0 Å². The molecule has 0 saturated heterocycles. The summed E-state index contributed by atoms with van der Waals surface area (Å²) in [5.41, 5.74) is 2.02. The maximum Gasteiger partial charge on any atom is 0.160 e. The summed E-state index contributed by atoms with van der Waals surface area (Å²) >= 11 is 0. The third kappa shape index (κ3) is 1.34. The first-order chi connectivity index (χ1) is 6.24. The van der Waals surface area contributed by atoms with Crippen molar-refractivity contribution < 1.29 is 5.21 Å². The number of hydrogen-bond donors (Lipinski definition) is 1. The van der Waals surface area contributed by atoms with E-state index in [0.717, 1.165) is 10.8 Å². The zero-order valence-electron chi connectivity index (χ0n) is 7.57. The Morgan fingerprint density at radius 1 is 1.62 bits per heavy atom. The van der Waals surface area contributed by atoms with Gasteiger partial charge in [0.1, 0.15) is 0 Å². The van der Waals surface area contributed by atoms with Gasteiger partial charge in [-0.2, -0.15) is 5.26 Å². The molecule has 1 aliphatic carbocycles. The Morgan fingerprint density at radius 2 is 2.31 bits per heavy atom. The van der Waals surface area contributed by atoms with Gasteiger partial charge in [-0.3, -0.25) is 5.21 Å². The van der Waals surface area contributed by atoms with Gasteiger partial charge in [0.05, 0.1) is 6.07 Å². The first kappa shape index (κ1) is 8.33. The van der Waals surface area contributed by atoms with Crippen LogP contribution in [0, 0.1) is 17.2 Å². The molecule has 1 unspecified atom stereocenters. The highest BCUT2D eigenvalue weighted by Crippen LogP contribution is 2.40. The Bertz CT molecular complexity index is 320. The van der Waals surface area contributed by atoms with Gasteiger partial charge in [0.15, 0.2) is 6.04 Å². The lowest BCUT2D eigenvalue weighted by atomic mass is 10.0. The lowest BCUT2D eigenvalue weighted by molar-refractivity contribution is -0.0660. The van der Waals surface area contributed by atoms with E-state index in [2.05, 4.69) is 0 Å². The molecule has 2 rings (SSSR count). The molecule has 13 heavy (non-hydrogen) atoms. The van der Waals surface area contributed by atoms with E-state index < -0.39 is 6.04 Å². The predicted octanol–water partition coefficient (Wildman–Crippen LogP) is 1.82. The molecule has 0 aromatic rings. The van der Waals surface area contributed by atoms with Crippen LogP contribution < -0.4 is 0 Å². The van der Waals surface area contributed by atoms with Gasteiger partial charge in [-0.1, -0.05) is 6.08 Å². The number of rotatable bonds is 1. The molecular weight excluding hydrogens is 164 g/mol. The molecule has 3 nitrogen and oxygen atoms in total. The lowest BCUT2D eigenvalue weighted by Gasteiger charge is -2.26.